The first kappa shape index (κ1) is 14.0. The van der Waals surface area contributed by atoms with Crippen LogP contribution >= 0.6 is 11.8 Å². The van der Waals surface area contributed by atoms with Gasteiger partial charge >= 0.3 is 0 Å². The summed E-state index contributed by atoms with van der Waals surface area (Å²) in [7, 11) is 0. The van der Waals surface area contributed by atoms with Gasteiger partial charge in [-0.15, -0.1) is 0 Å². The van der Waals surface area contributed by atoms with Gasteiger partial charge in [0.15, 0.2) is 11.4 Å². The second-order valence-electron chi connectivity index (χ2n) is 5.44. The predicted octanol–water partition coefficient (Wildman–Crippen LogP) is 2.51. The Morgan fingerprint density at radius 1 is 1.52 bits per heavy atom. The van der Waals surface area contributed by atoms with E-state index < -0.39 is 0 Å². The summed E-state index contributed by atoms with van der Waals surface area (Å²) in [4.78, 5) is 18.1. The minimum Gasteiger partial charge on any atom is -0.311 e. The summed E-state index contributed by atoms with van der Waals surface area (Å²) >= 11 is 1.38. The number of nitrogens with one attached hydrogen (secondary N) is 1. The highest BCUT2D eigenvalue weighted by molar-refractivity contribution is 8.13. The molecule has 3 rings (SSSR count). The fourth-order valence-corrected chi connectivity index (χ4v) is 3.23. The molecule has 0 unspecified atom stereocenters. The monoisotopic (exact) mass is 300 g/mol. The molecule has 1 amide bonds. The lowest BCUT2D eigenvalue weighted by molar-refractivity contribution is -0.116. The number of amidine groups is 1. The van der Waals surface area contributed by atoms with Gasteiger partial charge in [-0.2, -0.15) is 5.26 Å². The zero-order chi connectivity index (χ0) is 15.0. The predicted molar refractivity (Wildman–Crippen MR) is 84.7 cm³/mol. The van der Waals surface area contributed by atoms with Gasteiger partial charge in [0.2, 0.25) is 5.91 Å². The molecular formula is C15H16N4OS. The normalized spacial score (nSPS) is 18.3. The highest BCUT2D eigenvalue weighted by Gasteiger charge is 2.52. The fraction of sp³-hybridized carbons (Fsp3) is 0.400. The molecule has 0 bridgehead atoms. The van der Waals surface area contributed by atoms with Crippen molar-refractivity contribution in [2.75, 3.05) is 17.7 Å². The lowest BCUT2D eigenvalue weighted by Gasteiger charge is -2.15. The molecule has 1 spiro atoms. The molecule has 5 nitrogen and oxygen atoms in total. The number of rotatable bonds is 1. The van der Waals surface area contributed by atoms with Gasteiger partial charge in [-0.25, -0.2) is 4.99 Å². The van der Waals surface area contributed by atoms with Gasteiger partial charge in [0, 0.05) is 24.6 Å². The Morgan fingerprint density at radius 3 is 2.86 bits per heavy atom. The average Bonchev–Trinajstić information content (AvgIpc) is 3.16. The smallest absolute Gasteiger partial charge is 0.223 e. The molecule has 2 aliphatic rings. The van der Waals surface area contributed by atoms with Crippen molar-refractivity contribution in [3.8, 4) is 6.19 Å². The van der Waals surface area contributed by atoms with E-state index in [0.29, 0.717) is 5.17 Å². The number of anilines is 1. The molecule has 0 radical (unpaired) electrons. The average molecular weight is 300 g/mol. The summed E-state index contributed by atoms with van der Waals surface area (Å²) in [5.41, 5.74) is 3.18. The van der Waals surface area contributed by atoms with Crippen LogP contribution in [0.5, 0.6) is 0 Å². The van der Waals surface area contributed by atoms with E-state index in [9.17, 15) is 4.79 Å². The van der Waals surface area contributed by atoms with Crippen LogP contribution in [0.3, 0.4) is 0 Å². The molecule has 1 N–H and O–H groups in total. The summed E-state index contributed by atoms with van der Waals surface area (Å²) in [5, 5.41) is 11.8. The van der Waals surface area contributed by atoms with Crippen LogP contribution < -0.4 is 10.2 Å². The molecule has 1 heterocycles. The van der Waals surface area contributed by atoms with Gasteiger partial charge in [-0.05, 0) is 36.8 Å². The number of benzene rings is 1. The summed E-state index contributed by atoms with van der Waals surface area (Å²) in [6.45, 7) is 2.39. The van der Waals surface area contributed by atoms with Crippen LogP contribution in [-0.2, 0) is 10.2 Å². The molecule has 108 valence electrons. The van der Waals surface area contributed by atoms with Gasteiger partial charge in [0.25, 0.3) is 0 Å². The standard InChI is InChI=1S/C15H16N4OS/c1-10(20)19-8-15(5-6-15)12-4-3-11(7-13(12)19)18-14(21-2)17-9-16/h3-4,7H,5-6,8H2,1-2H3,(H,17,18). The third kappa shape index (κ3) is 2.38. The van der Waals surface area contributed by atoms with Gasteiger partial charge < -0.3 is 4.90 Å². The van der Waals surface area contributed by atoms with Crippen LogP contribution in [0.2, 0.25) is 0 Å². The van der Waals surface area contributed by atoms with E-state index in [1.165, 1.54) is 17.3 Å². The molecule has 6 heteroatoms. The maximum atomic E-state index is 11.8. The van der Waals surface area contributed by atoms with E-state index in [-0.39, 0.29) is 11.3 Å². The highest BCUT2D eigenvalue weighted by atomic mass is 32.2. The molecule has 1 aromatic carbocycles. The van der Waals surface area contributed by atoms with Crippen molar-refractivity contribution < 1.29 is 4.79 Å². The Morgan fingerprint density at radius 2 is 2.29 bits per heavy atom. The first-order valence-corrected chi connectivity index (χ1v) is 8.02. The minimum absolute atomic E-state index is 0.0707. The molecule has 1 fully saturated rings. The fourth-order valence-electron chi connectivity index (χ4n) is 2.88. The molecule has 0 aromatic heterocycles. The number of carbonyl (C=O) groups excluding carboxylic acids is 1. The molecule has 1 aliphatic carbocycles. The van der Waals surface area contributed by atoms with Crippen LogP contribution in [0.15, 0.2) is 23.2 Å². The first-order valence-electron chi connectivity index (χ1n) is 6.80. The number of nitrogens with zero attached hydrogens (tertiary/aromatic N) is 3. The van der Waals surface area contributed by atoms with Crippen LogP contribution in [0.1, 0.15) is 25.3 Å². The zero-order valence-corrected chi connectivity index (χ0v) is 12.8. The van der Waals surface area contributed by atoms with Gasteiger partial charge in [0.05, 0.1) is 5.69 Å². The molecule has 1 aromatic rings. The topological polar surface area (TPSA) is 68.5 Å². The zero-order valence-electron chi connectivity index (χ0n) is 12.0. The van der Waals surface area contributed by atoms with E-state index >= 15 is 0 Å². The Labute approximate surface area is 128 Å². The second-order valence-corrected chi connectivity index (χ2v) is 6.24. The second kappa shape index (κ2) is 5.08. The number of amides is 1. The summed E-state index contributed by atoms with van der Waals surface area (Å²) in [6.07, 6.45) is 6.04. The number of fused-ring (bicyclic) bond motifs is 2. The molecule has 1 saturated carbocycles. The number of carbonyl (C=O) groups is 1. The Hall–Kier alpha value is -2.00. The van der Waals surface area contributed by atoms with Gasteiger partial charge in [0.1, 0.15) is 0 Å². The summed E-state index contributed by atoms with van der Waals surface area (Å²) in [6, 6.07) is 5.98. The number of thioether (sulfide) groups is 1. The van der Waals surface area contributed by atoms with Crippen molar-refractivity contribution in [1.82, 2.24) is 5.32 Å². The van der Waals surface area contributed by atoms with E-state index in [4.69, 9.17) is 5.26 Å². The highest BCUT2D eigenvalue weighted by Crippen LogP contribution is 2.57. The largest absolute Gasteiger partial charge is 0.311 e. The SMILES string of the molecule is CSC(=Nc1ccc2c(c1)N(C(C)=O)CC21CC1)NC#N. The van der Waals surface area contributed by atoms with Gasteiger partial charge in [-0.3, -0.25) is 10.1 Å². The Balaban J connectivity index is 1.99. The maximum absolute atomic E-state index is 11.8. The minimum atomic E-state index is 0.0707. The maximum Gasteiger partial charge on any atom is 0.223 e. The number of hydrogen-bond acceptors (Lipinski definition) is 4. The molecule has 21 heavy (non-hydrogen) atoms. The van der Waals surface area contributed by atoms with Crippen molar-refractivity contribution in [2.24, 2.45) is 4.99 Å². The molecule has 0 atom stereocenters. The Bertz CT molecular complexity index is 673. The quantitative estimate of drug-likeness (QED) is 0.374. The number of nitriles is 1. The molecule has 1 aliphatic heterocycles. The van der Waals surface area contributed by atoms with E-state index in [0.717, 1.165) is 30.8 Å². The van der Waals surface area contributed by atoms with Crippen molar-refractivity contribution >= 4 is 34.2 Å². The van der Waals surface area contributed by atoms with Crippen LogP contribution in [0, 0.1) is 11.5 Å². The van der Waals surface area contributed by atoms with Crippen LogP contribution in [0.4, 0.5) is 11.4 Å². The Kier molecular flexibility index (Phi) is 3.38. The van der Waals surface area contributed by atoms with E-state index in [1.54, 1.807) is 6.92 Å². The van der Waals surface area contributed by atoms with E-state index in [1.807, 2.05) is 29.5 Å². The third-order valence-corrected chi connectivity index (χ3v) is 4.70. The lowest BCUT2D eigenvalue weighted by atomic mass is 9.98. The summed E-state index contributed by atoms with van der Waals surface area (Å²) < 4.78 is 0. The molecule has 0 saturated heterocycles. The summed E-state index contributed by atoms with van der Waals surface area (Å²) in [5.74, 6) is 0.0707. The first-order chi connectivity index (χ1) is 10.1. The number of aliphatic imine (C=N–C) groups is 1. The third-order valence-electron chi connectivity index (χ3n) is 4.12. The van der Waals surface area contributed by atoms with Gasteiger partial charge in [-0.1, -0.05) is 17.8 Å². The number of hydrogen-bond donors (Lipinski definition) is 1. The van der Waals surface area contributed by atoms with Crippen molar-refractivity contribution in [3.05, 3.63) is 23.8 Å². The molecular weight excluding hydrogens is 284 g/mol. The van der Waals surface area contributed by atoms with Crippen molar-refractivity contribution in [3.63, 3.8) is 0 Å². The van der Waals surface area contributed by atoms with Crippen molar-refractivity contribution in [2.45, 2.75) is 25.2 Å². The lowest BCUT2D eigenvalue weighted by Crippen LogP contribution is -2.28. The van der Waals surface area contributed by atoms with Crippen LogP contribution in [-0.4, -0.2) is 23.9 Å². The van der Waals surface area contributed by atoms with Crippen LogP contribution in [0.25, 0.3) is 0 Å². The van der Waals surface area contributed by atoms with Crippen molar-refractivity contribution in [1.29, 1.82) is 5.26 Å². The van der Waals surface area contributed by atoms with E-state index in [2.05, 4.69) is 16.4 Å².